The van der Waals surface area contributed by atoms with Gasteiger partial charge in [-0.15, -0.1) is 11.3 Å². The standard InChI is InChI=1S/C17H27N3O2S/c1-13-3-8-23-16(13)17(22)20-10-14(15(11-20)12-21)9-19-6-4-18(2)5-7-19/h3,8,14-15,21H,4-7,9-12H2,1-2H3/t14-,15-/m1/s1. The Morgan fingerprint density at radius 3 is 2.57 bits per heavy atom. The van der Waals surface area contributed by atoms with E-state index in [0.717, 1.165) is 49.7 Å². The van der Waals surface area contributed by atoms with E-state index in [2.05, 4.69) is 16.8 Å². The molecule has 0 spiro atoms. The van der Waals surface area contributed by atoms with Crippen molar-refractivity contribution in [3.63, 3.8) is 0 Å². The van der Waals surface area contributed by atoms with Gasteiger partial charge in [-0.3, -0.25) is 4.79 Å². The predicted octanol–water partition coefficient (Wildman–Crippen LogP) is 0.984. The first-order chi connectivity index (χ1) is 11.1. The van der Waals surface area contributed by atoms with Crippen LogP contribution in [0.15, 0.2) is 11.4 Å². The molecule has 0 bridgehead atoms. The number of nitrogens with zero attached hydrogens (tertiary/aromatic N) is 3. The minimum absolute atomic E-state index is 0.136. The second-order valence-corrected chi connectivity index (χ2v) is 7.87. The first kappa shape index (κ1) is 16.9. The molecule has 3 heterocycles. The van der Waals surface area contributed by atoms with Gasteiger partial charge in [-0.05, 0) is 36.9 Å². The summed E-state index contributed by atoms with van der Waals surface area (Å²) in [6.45, 7) is 9.00. The highest BCUT2D eigenvalue weighted by atomic mass is 32.1. The van der Waals surface area contributed by atoms with Crippen molar-refractivity contribution in [3.05, 3.63) is 21.9 Å². The number of likely N-dealkylation sites (N-methyl/N-ethyl adjacent to an activating group) is 1. The van der Waals surface area contributed by atoms with Crippen molar-refractivity contribution in [1.29, 1.82) is 0 Å². The van der Waals surface area contributed by atoms with Crippen LogP contribution in [0.4, 0.5) is 0 Å². The average Bonchev–Trinajstić information content (AvgIpc) is 3.15. The average molecular weight is 337 g/mol. The first-order valence-electron chi connectivity index (χ1n) is 8.43. The SMILES string of the molecule is Cc1ccsc1C(=O)N1C[C@@H](CN2CCN(C)CC2)[C@@H](CO)C1. The molecule has 2 atom stereocenters. The number of carbonyl (C=O) groups is 1. The normalized spacial score (nSPS) is 26.8. The van der Waals surface area contributed by atoms with Crippen molar-refractivity contribution in [2.45, 2.75) is 6.92 Å². The summed E-state index contributed by atoms with van der Waals surface area (Å²) in [6.07, 6.45) is 0. The van der Waals surface area contributed by atoms with Crippen molar-refractivity contribution in [2.75, 3.05) is 59.5 Å². The Labute approximate surface area is 142 Å². The number of hydrogen-bond acceptors (Lipinski definition) is 5. The number of thiophene rings is 1. The maximum absolute atomic E-state index is 12.7. The van der Waals surface area contributed by atoms with Crippen LogP contribution >= 0.6 is 11.3 Å². The van der Waals surface area contributed by atoms with Gasteiger partial charge in [0.1, 0.15) is 0 Å². The molecule has 0 saturated carbocycles. The molecule has 1 amide bonds. The lowest BCUT2D eigenvalue weighted by Gasteiger charge is -2.34. The predicted molar refractivity (Wildman–Crippen MR) is 93.0 cm³/mol. The van der Waals surface area contributed by atoms with E-state index in [1.165, 1.54) is 11.3 Å². The molecule has 0 aromatic carbocycles. The van der Waals surface area contributed by atoms with Gasteiger partial charge in [0.05, 0.1) is 4.88 Å². The monoisotopic (exact) mass is 337 g/mol. The number of likely N-dealkylation sites (tertiary alicyclic amines) is 1. The van der Waals surface area contributed by atoms with E-state index in [-0.39, 0.29) is 18.4 Å². The number of aliphatic hydroxyl groups excluding tert-OH is 1. The highest BCUT2D eigenvalue weighted by Gasteiger charge is 2.36. The highest BCUT2D eigenvalue weighted by molar-refractivity contribution is 7.12. The summed E-state index contributed by atoms with van der Waals surface area (Å²) in [7, 11) is 2.16. The molecule has 1 N–H and O–H groups in total. The number of carbonyl (C=O) groups excluding carboxylic acids is 1. The number of piperazine rings is 1. The van der Waals surface area contributed by atoms with Crippen LogP contribution in [-0.4, -0.2) is 85.2 Å². The van der Waals surface area contributed by atoms with Crippen LogP contribution in [0.25, 0.3) is 0 Å². The molecular formula is C17H27N3O2S. The Balaban J connectivity index is 1.61. The van der Waals surface area contributed by atoms with Crippen LogP contribution in [0.5, 0.6) is 0 Å². The van der Waals surface area contributed by atoms with Gasteiger partial charge < -0.3 is 19.8 Å². The van der Waals surface area contributed by atoms with Crippen molar-refractivity contribution in [1.82, 2.24) is 14.7 Å². The van der Waals surface area contributed by atoms with Gasteiger partial charge in [-0.25, -0.2) is 0 Å². The summed E-state index contributed by atoms with van der Waals surface area (Å²) in [5.74, 6) is 0.725. The third-order valence-corrected chi connectivity index (χ3v) is 6.25. The zero-order chi connectivity index (χ0) is 16.4. The Bertz CT molecular complexity index is 540. The lowest BCUT2D eigenvalue weighted by atomic mass is 9.96. The first-order valence-corrected chi connectivity index (χ1v) is 9.31. The van der Waals surface area contributed by atoms with Gasteiger partial charge >= 0.3 is 0 Å². The van der Waals surface area contributed by atoms with Gasteiger partial charge in [-0.1, -0.05) is 0 Å². The Morgan fingerprint density at radius 2 is 1.96 bits per heavy atom. The van der Waals surface area contributed by atoms with Crippen LogP contribution in [0.2, 0.25) is 0 Å². The molecule has 128 valence electrons. The summed E-state index contributed by atoms with van der Waals surface area (Å²) in [5.41, 5.74) is 1.06. The Morgan fingerprint density at radius 1 is 1.26 bits per heavy atom. The van der Waals surface area contributed by atoms with Crippen molar-refractivity contribution in [3.8, 4) is 0 Å². The quantitative estimate of drug-likeness (QED) is 0.890. The summed E-state index contributed by atoms with van der Waals surface area (Å²) in [5, 5.41) is 11.7. The number of hydrogen-bond donors (Lipinski definition) is 1. The largest absolute Gasteiger partial charge is 0.396 e. The minimum Gasteiger partial charge on any atom is -0.396 e. The van der Waals surface area contributed by atoms with Crippen molar-refractivity contribution >= 4 is 17.2 Å². The summed E-state index contributed by atoms with van der Waals surface area (Å²) in [6, 6.07) is 2.00. The van der Waals surface area contributed by atoms with Crippen molar-refractivity contribution in [2.24, 2.45) is 11.8 Å². The molecule has 0 unspecified atom stereocenters. The lowest BCUT2D eigenvalue weighted by Crippen LogP contribution is -2.47. The number of aryl methyl sites for hydroxylation is 1. The lowest BCUT2D eigenvalue weighted by molar-refractivity contribution is 0.0781. The molecule has 0 radical (unpaired) electrons. The molecule has 5 nitrogen and oxygen atoms in total. The summed E-state index contributed by atoms with van der Waals surface area (Å²) < 4.78 is 0. The van der Waals surface area contributed by atoms with E-state index in [0.29, 0.717) is 12.5 Å². The van der Waals surface area contributed by atoms with Crippen LogP contribution in [0.1, 0.15) is 15.2 Å². The van der Waals surface area contributed by atoms with Gasteiger partial charge in [0, 0.05) is 58.3 Å². The van der Waals surface area contributed by atoms with Crippen LogP contribution in [-0.2, 0) is 0 Å². The Hall–Kier alpha value is -0.950. The third kappa shape index (κ3) is 3.76. The van der Waals surface area contributed by atoms with Crippen molar-refractivity contribution < 1.29 is 9.90 Å². The molecule has 1 aromatic heterocycles. The smallest absolute Gasteiger partial charge is 0.264 e. The maximum atomic E-state index is 12.7. The molecule has 0 aliphatic carbocycles. The van der Waals surface area contributed by atoms with E-state index in [4.69, 9.17) is 0 Å². The van der Waals surface area contributed by atoms with E-state index < -0.39 is 0 Å². The maximum Gasteiger partial charge on any atom is 0.264 e. The van der Waals surface area contributed by atoms with E-state index in [1.54, 1.807) is 0 Å². The van der Waals surface area contributed by atoms with Crippen LogP contribution < -0.4 is 0 Å². The summed E-state index contributed by atoms with van der Waals surface area (Å²) in [4.78, 5) is 20.3. The van der Waals surface area contributed by atoms with Gasteiger partial charge in [0.2, 0.25) is 0 Å². The van der Waals surface area contributed by atoms with E-state index in [9.17, 15) is 9.90 Å². The summed E-state index contributed by atoms with van der Waals surface area (Å²) >= 11 is 1.52. The second-order valence-electron chi connectivity index (χ2n) is 6.95. The van der Waals surface area contributed by atoms with Gasteiger partial charge in [-0.2, -0.15) is 0 Å². The van der Waals surface area contributed by atoms with Gasteiger partial charge in [0.15, 0.2) is 0 Å². The number of aliphatic hydroxyl groups is 1. The Kier molecular flexibility index (Phi) is 5.36. The fourth-order valence-electron chi connectivity index (χ4n) is 3.62. The number of rotatable bonds is 4. The molecule has 3 rings (SSSR count). The van der Waals surface area contributed by atoms with Crippen LogP contribution in [0, 0.1) is 18.8 Å². The fraction of sp³-hybridized carbons (Fsp3) is 0.706. The molecule has 6 heteroatoms. The van der Waals surface area contributed by atoms with Crippen LogP contribution in [0.3, 0.4) is 0 Å². The van der Waals surface area contributed by atoms with E-state index in [1.807, 2.05) is 23.3 Å². The fourth-order valence-corrected chi connectivity index (χ4v) is 4.51. The molecule has 2 aliphatic heterocycles. The topological polar surface area (TPSA) is 47.0 Å². The molecule has 2 saturated heterocycles. The highest BCUT2D eigenvalue weighted by Crippen LogP contribution is 2.28. The minimum atomic E-state index is 0.136. The number of amides is 1. The molecule has 1 aromatic rings. The molecule has 2 fully saturated rings. The second kappa shape index (κ2) is 7.30. The zero-order valence-corrected chi connectivity index (χ0v) is 14.9. The third-order valence-electron chi connectivity index (χ3n) is 5.24. The molecular weight excluding hydrogens is 310 g/mol. The van der Waals surface area contributed by atoms with Gasteiger partial charge in [0.25, 0.3) is 5.91 Å². The zero-order valence-electron chi connectivity index (χ0n) is 14.1. The van der Waals surface area contributed by atoms with E-state index >= 15 is 0 Å². The molecule has 2 aliphatic rings. The molecule has 23 heavy (non-hydrogen) atoms.